The minimum atomic E-state index is -1.10. The lowest BCUT2D eigenvalue weighted by Crippen LogP contribution is -2.24. The van der Waals surface area contributed by atoms with E-state index in [-0.39, 0.29) is 22.8 Å². The van der Waals surface area contributed by atoms with Gasteiger partial charge in [-0.15, -0.1) is 0 Å². The Labute approximate surface area is 148 Å². The lowest BCUT2D eigenvalue weighted by molar-refractivity contribution is -0.134. The largest absolute Gasteiger partial charge is 0.477 e. The SMILES string of the molecule is CCN/C(C(=O)O)=C(/CCCCCN/C(=C\C(C)=N)C(=O)O)C(C)=N. The van der Waals surface area contributed by atoms with Crippen molar-refractivity contribution in [2.24, 2.45) is 0 Å². The monoisotopic (exact) mass is 352 g/mol. The van der Waals surface area contributed by atoms with Crippen LogP contribution in [0.2, 0.25) is 0 Å². The number of likely N-dealkylation sites (N-methyl/N-ethyl adjacent to an activating group) is 1. The molecule has 0 heterocycles. The highest BCUT2D eigenvalue weighted by atomic mass is 16.4. The first-order chi connectivity index (χ1) is 11.7. The third-order valence-electron chi connectivity index (χ3n) is 3.33. The van der Waals surface area contributed by atoms with Crippen LogP contribution in [0.3, 0.4) is 0 Å². The van der Waals surface area contributed by atoms with Gasteiger partial charge >= 0.3 is 11.9 Å². The number of carboxylic acid groups (broad SMARTS) is 2. The average molecular weight is 352 g/mol. The predicted molar refractivity (Wildman–Crippen MR) is 97.3 cm³/mol. The predicted octanol–water partition coefficient (Wildman–Crippen LogP) is 2.13. The smallest absolute Gasteiger partial charge is 0.352 e. The molecular weight excluding hydrogens is 324 g/mol. The summed E-state index contributed by atoms with van der Waals surface area (Å²) in [6.07, 6.45) is 3.91. The zero-order valence-corrected chi connectivity index (χ0v) is 15.0. The first-order valence-corrected chi connectivity index (χ1v) is 8.20. The minimum absolute atomic E-state index is 0.0104. The van der Waals surface area contributed by atoms with Crippen molar-refractivity contribution in [2.75, 3.05) is 13.1 Å². The highest BCUT2D eigenvalue weighted by Gasteiger charge is 2.15. The molecule has 0 bridgehead atoms. The topological polar surface area (TPSA) is 146 Å². The first kappa shape index (κ1) is 22.4. The normalized spacial score (nSPS) is 12.2. The van der Waals surface area contributed by atoms with E-state index in [1.54, 1.807) is 13.8 Å². The Kier molecular flexibility index (Phi) is 10.6. The Hall–Kier alpha value is -2.64. The van der Waals surface area contributed by atoms with Crippen LogP contribution in [0.15, 0.2) is 23.0 Å². The quantitative estimate of drug-likeness (QED) is 0.170. The second-order valence-electron chi connectivity index (χ2n) is 5.60. The Bertz CT molecular complexity index is 579. The van der Waals surface area contributed by atoms with Gasteiger partial charge in [0.25, 0.3) is 0 Å². The van der Waals surface area contributed by atoms with Crippen molar-refractivity contribution in [1.29, 1.82) is 10.8 Å². The van der Waals surface area contributed by atoms with Crippen molar-refractivity contribution in [3.05, 3.63) is 23.0 Å². The van der Waals surface area contributed by atoms with E-state index in [0.717, 1.165) is 6.42 Å². The molecule has 0 aromatic heterocycles. The van der Waals surface area contributed by atoms with Crippen LogP contribution in [0.4, 0.5) is 0 Å². The number of carbonyl (C=O) groups is 2. The molecule has 0 saturated carbocycles. The molecule has 0 aliphatic carbocycles. The summed E-state index contributed by atoms with van der Waals surface area (Å²) < 4.78 is 0. The van der Waals surface area contributed by atoms with Gasteiger partial charge in [0.1, 0.15) is 11.4 Å². The van der Waals surface area contributed by atoms with E-state index in [1.165, 1.54) is 13.0 Å². The molecule has 0 spiro atoms. The fourth-order valence-electron chi connectivity index (χ4n) is 2.22. The van der Waals surface area contributed by atoms with Gasteiger partial charge in [0.05, 0.1) is 0 Å². The van der Waals surface area contributed by atoms with Crippen LogP contribution in [-0.4, -0.2) is 46.7 Å². The van der Waals surface area contributed by atoms with Crippen molar-refractivity contribution >= 4 is 23.4 Å². The summed E-state index contributed by atoms with van der Waals surface area (Å²) in [5.41, 5.74) is 0.946. The van der Waals surface area contributed by atoms with Crippen LogP contribution >= 0.6 is 0 Å². The Morgan fingerprint density at radius 1 is 1.00 bits per heavy atom. The maximum absolute atomic E-state index is 11.3. The first-order valence-electron chi connectivity index (χ1n) is 8.20. The molecule has 0 aromatic carbocycles. The van der Waals surface area contributed by atoms with Gasteiger partial charge in [-0.3, -0.25) is 0 Å². The molecule has 0 unspecified atom stereocenters. The molecular formula is C17H28N4O4. The van der Waals surface area contributed by atoms with Gasteiger partial charge in [-0.1, -0.05) is 6.42 Å². The van der Waals surface area contributed by atoms with E-state index in [9.17, 15) is 14.7 Å². The van der Waals surface area contributed by atoms with Crippen molar-refractivity contribution in [3.63, 3.8) is 0 Å². The fourth-order valence-corrected chi connectivity index (χ4v) is 2.22. The maximum atomic E-state index is 11.3. The van der Waals surface area contributed by atoms with Crippen LogP contribution in [-0.2, 0) is 9.59 Å². The molecule has 0 amide bonds. The molecule has 6 N–H and O–H groups in total. The molecule has 0 saturated heterocycles. The number of unbranched alkanes of at least 4 members (excludes halogenated alkanes) is 2. The summed E-state index contributed by atoms with van der Waals surface area (Å²) in [4.78, 5) is 22.3. The number of rotatable bonds is 13. The number of aliphatic carboxylic acids is 2. The summed E-state index contributed by atoms with van der Waals surface area (Å²) >= 11 is 0. The van der Waals surface area contributed by atoms with E-state index in [2.05, 4.69) is 10.6 Å². The zero-order valence-electron chi connectivity index (χ0n) is 15.0. The molecule has 8 nitrogen and oxygen atoms in total. The van der Waals surface area contributed by atoms with Crippen molar-refractivity contribution in [2.45, 2.75) is 46.5 Å². The standard InChI is InChI=1S/C17H28N4O4/c1-4-20-15(17(24)25)13(12(3)19)8-6-5-7-9-21-14(16(22)23)10-11(2)18/h10,18-21H,4-9H2,1-3H3,(H,22,23)(H,24,25)/b14-10-,15-13-,18-11?,19-12?. The third kappa shape index (κ3) is 9.29. The van der Waals surface area contributed by atoms with E-state index in [0.29, 0.717) is 37.9 Å². The van der Waals surface area contributed by atoms with Crippen LogP contribution < -0.4 is 10.6 Å². The van der Waals surface area contributed by atoms with Gasteiger partial charge in [0.2, 0.25) is 0 Å². The van der Waals surface area contributed by atoms with Crippen LogP contribution in [0.1, 0.15) is 46.5 Å². The summed E-state index contributed by atoms with van der Waals surface area (Å²) in [6, 6.07) is 0. The summed E-state index contributed by atoms with van der Waals surface area (Å²) in [6.45, 7) is 5.80. The van der Waals surface area contributed by atoms with Gasteiger partial charge in [-0.25, -0.2) is 9.59 Å². The molecule has 0 radical (unpaired) electrons. The Morgan fingerprint density at radius 3 is 2.08 bits per heavy atom. The molecule has 0 fully saturated rings. The number of hydrogen-bond donors (Lipinski definition) is 6. The molecule has 0 atom stereocenters. The van der Waals surface area contributed by atoms with Crippen LogP contribution in [0.5, 0.6) is 0 Å². The average Bonchev–Trinajstić information content (AvgIpc) is 2.50. The molecule has 140 valence electrons. The summed E-state index contributed by atoms with van der Waals surface area (Å²) in [5, 5.41) is 38.9. The highest BCUT2D eigenvalue weighted by molar-refractivity contribution is 6.03. The second kappa shape index (κ2) is 11.8. The van der Waals surface area contributed by atoms with E-state index < -0.39 is 11.9 Å². The van der Waals surface area contributed by atoms with Gasteiger partial charge in [0, 0.05) is 30.1 Å². The third-order valence-corrected chi connectivity index (χ3v) is 3.33. The van der Waals surface area contributed by atoms with Gasteiger partial charge < -0.3 is 31.7 Å². The number of hydrogen-bond acceptors (Lipinski definition) is 6. The van der Waals surface area contributed by atoms with Gasteiger partial charge in [0.15, 0.2) is 0 Å². The van der Waals surface area contributed by atoms with E-state index >= 15 is 0 Å². The molecule has 0 aromatic rings. The minimum Gasteiger partial charge on any atom is -0.477 e. The van der Waals surface area contributed by atoms with E-state index in [1.807, 2.05) is 0 Å². The van der Waals surface area contributed by atoms with Gasteiger partial charge in [-0.2, -0.15) is 0 Å². The zero-order chi connectivity index (χ0) is 19.4. The Morgan fingerprint density at radius 2 is 1.64 bits per heavy atom. The molecule has 0 aliphatic rings. The molecule has 0 aliphatic heterocycles. The molecule has 0 rings (SSSR count). The number of allylic oxidation sites excluding steroid dienone is 2. The fraction of sp³-hybridized carbons (Fsp3) is 0.529. The molecule has 25 heavy (non-hydrogen) atoms. The van der Waals surface area contributed by atoms with Crippen LogP contribution in [0, 0.1) is 10.8 Å². The lowest BCUT2D eigenvalue weighted by Gasteiger charge is -2.13. The lowest BCUT2D eigenvalue weighted by atomic mass is 10.0. The van der Waals surface area contributed by atoms with E-state index in [4.69, 9.17) is 15.9 Å². The highest BCUT2D eigenvalue weighted by Crippen LogP contribution is 2.14. The van der Waals surface area contributed by atoms with Crippen LogP contribution in [0.25, 0.3) is 0 Å². The Balaban J connectivity index is 4.52. The van der Waals surface area contributed by atoms with Crippen molar-refractivity contribution < 1.29 is 19.8 Å². The maximum Gasteiger partial charge on any atom is 0.352 e. The summed E-state index contributed by atoms with van der Waals surface area (Å²) in [7, 11) is 0. The molecule has 8 heteroatoms. The second-order valence-corrected chi connectivity index (χ2v) is 5.60. The number of carboxylic acids is 2. The van der Waals surface area contributed by atoms with Gasteiger partial charge in [-0.05, 0) is 46.1 Å². The van der Waals surface area contributed by atoms with Crippen molar-refractivity contribution in [3.8, 4) is 0 Å². The number of nitrogens with one attached hydrogen (secondary N) is 4. The summed E-state index contributed by atoms with van der Waals surface area (Å²) in [5.74, 6) is -2.17. The van der Waals surface area contributed by atoms with Crippen molar-refractivity contribution in [1.82, 2.24) is 10.6 Å².